The number of rotatable bonds is 2. The summed E-state index contributed by atoms with van der Waals surface area (Å²) in [5, 5.41) is -0.144. The molecule has 1 saturated heterocycles. The summed E-state index contributed by atoms with van der Waals surface area (Å²) in [7, 11) is 0. The van der Waals surface area contributed by atoms with E-state index >= 15 is 0 Å². The predicted octanol–water partition coefficient (Wildman–Crippen LogP) is 2.19. The molecule has 1 rings (SSSR count). The van der Waals surface area contributed by atoms with Crippen LogP contribution in [-0.2, 0) is 14.3 Å². The third-order valence-electron chi connectivity index (χ3n) is 2.36. The van der Waals surface area contributed by atoms with E-state index in [1.54, 1.807) is 20.8 Å². The van der Waals surface area contributed by atoms with Gasteiger partial charge in [0.15, 0.2) is 0 Å². The summed E-state index contributed by atoms with van der Waals surface area (Å²) >= 11 is 1.13. The number of hydrogen-bond donors (Lipinski definition) is 0. The highest BCUT2D eigenvalue weighted by atomic mass is 32.2. The number of thioether (sulfide) groups is 1. The van der Waals surface area contributed by atoms with Gasteiger partial charge < -0.3 is 4.74 Å². The van der Waals surface area contributed by atoms with Crippen LogP contribution in [0.25, 0.3) is 0 Å². The molecule has 0 aromatic carbocycles. The molecule has 1 aliphatic rings. The lowest BCUT2D eigenvalue weighted by Crippen LogP contribution is -2.44. The fourth-order valence-corrected chi connectivity index (χ4v) is 2.39. The molecule has 0 saturated carbocycles. The number of carbonyl (C=O) groups excluding carboxylic acids is 3. The van der Waals surface area contributed by atoms with Crippen LogP contribution in [-0.4, -0.2) is 39.4 Å². The molecule has 0 aromatic heterocycles. The number of hydrogen-bond acceptors (Lipinski definition) is 5. The second-order valence-corrected chi connectivity index (χ2v) is 6.32. The van der Waals surface area contributed by atoms with Gasteiger partial charge >= 0.3 is 6.09 Å². The number of likely N-dealkylation sites (tertiary alicyclic amines) is 1. The van der Waals surface area contributed by atoms with Crippen LogP contribution in [0.5, 0.6) is 0 Å². The molecule has 2 amide bonds. The third-order valence-corrected chi connectivity index (χ3v) is 3.21. The smallest absolute Gasteiger partial charge is 0.417 e. The average Bonchev–Trinajstić information content (AvgIpc) is 2.58. The third kappa shape index (κ3) is 3.73. The largest absolute Gasteiger partial charge is 0.443 e. The predicted molar refractivity (Wildman–Crippen MR) is 69.2 cm³/mol. The van der Waals surface area contributed by atoms with Crippen molar-refractivity contribution in [3.8, 4) is 0 Å². The molecule has 0 aliphatic carbocycles. The second kappa shape index (κ2) is 5.73. The molecule has 1 fully saturated rings. The molecule has 1 atom stereocenters. The Bertz CT molecular complexity index is 362. The summed E-state index contributed by atoms with van der Waals surface area (Å²) in [5.74, 6) is 0.297. The first-order valence-corrected chi connectivity index (χ1v) is 6.96. The van der Waals surface area contributed by atoms with Crippen molar-refractivity contribution in [2.75, 3.05) is 5.75 Å². The number of imide groups is 1. The molecule has 0 spiro atoms. The molecular formula is C12H19NO4S. The van der Waals surface area contributed by atoms with Gasteiger partial charge in [-0.15, -0.1) is 0 Å². The van der Waals surface area contributed by atoms with E-state index in [9.17, 15) is 14.4 Å². The molecule has 5 nitrogen and oxygen atoms in total. The summed E-state index contributed by atoms with van der Waals surface area (Å²) in [5.41, 5.74) is -0.675. The van der Waals surface area contributed by atoms with Crippen LogP contribution in [0.4, 0.5) is 4.79 Å². The van der Waals surface area contributed by atoms with Crippen molar-refractivity contribution in [3.63, 3.8) is 0 Å². The minimum Gasteiger partial charge on any atom is -0.443 e. The maximum atomic E-state index is 11.9. The van der Waals surface area contributed by atoms with E-state index in [4.69, 9.17) is 4.74 Å². The SMILES string of the molecule is CCSC(=O)[C@@H]1CCC(=O)N1C(=O)OC(C)(C)C. The standard InChI is InChI=1S/C12H19NO4S/c1-5-18-10(15)8-6-7-9(14)13(8)11(16)17-12(2,3)4/h8H,5-7H2,1-4H3/t8-/m0/s1. The molecule has 6 heteroatoms. The maximum absolute atomic E-state index is 11.9. The Morgan fingerprint density at radius 1 is 1.44 bits per heavy atom. The highest BCUT2D eigenvalue weighted by molar-refractivity contribution is 8.13. The molecule has 0 bridgehead atoms. The first kappa shape index (κ1) is 15.0. The Morgan fingerprint density at radius 3 is 2.56 bits per heavy atom. The molecule has 0 aromatic rings. The van der Waals surface area contributed by atoms with E-state index in [-0.39, 0.29) is 17.4 Å². The second-order valence-electron chi connectivity index (χ2n) is 5.05. The minimum atomic E-state index is -0.722. The maximum Gasteiger partial charge on any atom is 0.417 e. The van der Waals surface area contributed by atoms with E-state index in [0.717, 1.165) is 16.7 Å². The van der Waals surface area contributed by atoms with Crippen LogP contribution < -0.4 is 0 Å². The molecule has 1 aliphatic heterocycles. The van der Waals surface area contributed by atoms with Gasteiger partial charge in [0.1, 0.15) is 11.6 Å². The number of nitrogens with zero attached hydrogens (tertiary/aromatic N) is 1. The topological polar surface area (TPSA) is 63.7 Å². The van der Waals surface area contributed by atoms with Crippen molar-refractivity contribution >= 4 is 28.9 Å². The zero-order valence-corrected chi connectivity index (χ0v) is 12.0. The van der Waals surface area contributed by atoms with Gasteiger partial charge in [-0.05, 0) is 32.9 Å². The van der Waals surface area contributed by atoms with Gasteiger partial charge in [-0.2, -0.15) is 0 Å². The van der Waals surface area contributed by atoms with E-state index in [1.807, 2.05) is 6.92 Å². The molecule has 1 heterocycles. The van der Waals surface area contributed by atoms with Crippen LogP contribution in [0.3, 0.4) is 0 Å². The van der Waals surface area contributed by atoms with Crippen molar-refractivity contribution in [2.24, 2.45) is 0 Å². The summed E-state index contributed by atoms with van der Waals surface area (Å²) in [6.45, 7) is 7.03. The molecule has 0 unspecified atom stereocenters. The van der Waals surface area contributed by atoms with Crippen LogP contribution in [0.1, 0.15) is 40.5 Å². The van der Waals surface area contributed by atoms with Gasteiger partial charge in [0, 0.05) is 6.42 Å². The normalized spacial score (nSPS) is 20.1. The highest BCUT2D eigenvalue weighted by Gasteiger charge is 2.42. The number of amides is 2. The van der Waals surface area contributed by atoms with Gasteiger partial charge in [-0.25, -0.2) is 9.69 Å². The van der Waals surface area contributed by atoms with Crippen molar-refractivity contribution < 1.29 is 19.1 Å². The lowest BCUT2D eigenvalue weighted by atomic mass is 10.2. The Labute approximate surface area is 111 Å². The first-order valence-electron chi connectivity index (χ1n) is 5.98. The average molecular weight is 273 g/mol. The van der Waals surface area contributed by atoms with Crippen molar-refractivity contribution in [1.29, 1.82) is 0 Å². The van der Waals surface area contributed by atoms with Gasteiger partial charge in [0.05, 0.1) is 0 Å². The summed E-state index contributed by atoms with van der Waals surface area (Å²) in [6.07, 6.45) is -0.107. The number of carbonyl (C=O) groups is 3. The summed E-state index contributed by atoms with van der Waals surface area (Å²) in [6, 6.07) is -0.669. The van der Waals surface area contributed by atoms with Crippen LogP contribution in [0.2, 0.25) is 0 Å². The highest BCUT2D eigenvalue weighted by Crippen LogP contribution is 2.25. The van der Waals surface area contributed by atoms with E-state index in [2.05, 4.69) is 0 Å². The Hall–Kier alpha value is -1.04. The van der Waals surface area contributed by atoms with Crippen molar-refractivity contribution in [1.82, 2.24) is 4.90 Å². The fourth-order valence-electron chi connectivity index (χ4n) is 1.69. The van der Waals surface area contributed by atoms with Crippen molar-refractivity contribution in [2.45, 2.75) is 52.2 Å². The van der Waals surface area contributed by atoms with Crippen LogP contribution in [0.15, 0.2) is 0 Å². The zero-order chi connectivity index (χ0) is 13.9. The van der Waals surface area contributed by atoms with Crippen LogP contribution in [0, 0.1) is 0 Å². The van der Waals surface area contributed by atoms with Gasteiger partial charge in [0.25, 0.3) is 0 Å². The molecule has 18 heavy (non-hydrogen) atoms. The number of ether oxygens (including phenoxy) is 1. The fraction of sp³-hybridized carbons (Fsp3) is 0.750. The van der Waals surface area contributed by atoms with E-state index in [0.29, 0.717) is 12.2 Å². The first-order chi connectivity index (χ1) is 8.26. The Balaban J connectivity index is 2.79. The summed E-state index contributed by atoms with van der Waals surface area (Å²) in [4.78, 5) is 36.4. The van der Waals surface area contributed by atoms with Crippen molar-refractivity contribution in [3.05, 3.63) is 0 Å². The van der Waals surface area contributed by atoms with E-state index in [1.165, 1.54) is 0 Å². The quantitative estimate of drug-likeness (QED) is 0.771. The Morgan fingerprint density at radius 2 is 2.06 bits per heavy atom. The zero-order valence-electron chi connectivity index (χ0n) is 11.2. The molecule has 0 radical (unpaired) electrons. The van der Waals surface area contributed by atoms with Gasteiger partial charge in [0.2, 0.25) is 11.0 Å². The monoisotopic (exact) mass is 273 g/mol. The summed E-state index contributed by atoms with van der Waals surface area (Å²) < 4.78 is 5.16. The lowest BCUT2D eigenvalue weighted by Gasteiger charge is -2.26. The lowest BCUT2D eigenvalue weighted by molar-refractivity contribution is -0.131. The molecule has 0 N–H and O–H groups in total. The van der Waals surface area contributed by atoms with Gasteiger partial charge in [-0.3, -0.25) is 9.59 Å². The van der Waals surface area contributed by atoms with Gasteiger partial charge in [-0.1, -0.05) is 18.7 Å². The van der Waals surface area contributed by atoms with Crippen LogP contribution >= 0.6 is 11.8 Å². The Kier molecular flexibility index (Phi) is 4.78. The van der Waals surface area contributed by atoms with E-state index < -0.39 is 17.7 Å². The minimum absolute atomic E-state index is 0.144. The molecule has 102 valence electrons. The molecular weight excluding hydrogens is 254 g/mol.